The van der Waals surface area contributed by atoms with Crippen LogP contribution < -0.4 is 14.8 Å². The number of amides is 1. The Balaban J connectivity index is 1.43. The number of carbonyl (C=O) groups is 1. The minimum absolute atomic E-state index is 0.0477. The first-order chi connectivity index (χ1) is 15.2. The summed E-state index contributed by atoms with van der Waals surface area (Å²) in [4.78, 5) is 21.3. The van der Waals surface area contributed by atoms with Crippen molar-refractivity contribution in [3.05, 3.63) is 60.0 Å². The summed E-state index contributed by atoms with van der Waals surface area (Å²) >= 11 is 0. The van der Waals surface area contributed by atoms with Crippen LogP contribution in [0.25, 0.3) is 10.8 Å². The first kappa shape index (κ1) is 20.6. The quantitative estimate of drug-likeness (QED) is 0.652. The topological polar surface area (TPSA) is 97.1 Å². The fourth-order valence-corrected chi connectivity index (χ4v) is 3.99. The van der Waals surface area contributed by atoms with Crippen molar-refractivity contribution in [3.8, 4) is 17.7 Å². The molecule has 1 aliphatic rings. The van der Waals surface area contributed by atoms with Crippen LogP contribution in [-0.4, -0.2) is 34.6 Å². The van der Waals surface area contributed by atoms with Gasteiger partial charge in [-0.25, -0.2) is 9.97 Å². The lowest BCUT2D eigenvalue weighted by molar-refractivity contribution is 0.0887. The maximum absolute atomic E-state index is 13.2. The Bertz CT molecular complexity index is 1120. The number of fused-ring (bicyclic) bond motifs is 1. The van der Waals surface area contributed by atoms with Gasteiger partial charge in [0.2, 0.25) is 5.69 Å². The predicted molar refractivity (Wildman–Crippen MR) is 116 cm³/mol. The number of hydrogen-bond donors (Lipinski definition) is 1. The molecular formula is C24H24N4O3. The van der Waals surface area contributed by atoms with Crippen molar-refractivity contribution in [3.63, 3.8) is 0 Å². The van der Waals surface area contributed by atoms with Crippen LogP contribution >= 0.6 is 0 Å². The van der Waals surface area contributed by atoms with E-state index < -0.39 is 0 Å². The highest BCUT2D eigenvalue weighted by molar-refractivity contribution is 6.09. The Hall–Kier alpha value is -3.66. The summed E-state index contributed by atoms with van der Waals surface area (Å²) in [7, 11) is 0. The van der Waals surface area contributed by atoms with Crippen LogP contribution in [0.5, 0.6) is 11.6 Å². The molecule has 1 fully saturated rings. The van der Waals surface area contributed by atoms with Crippen LogP contribution in [0.4, 0.5) is 0 Å². The molecule has 4 rings (SSSR count). The average Bonchev–Trinajstić information content (AvgIpc) is 2.80. The molecule has 1 aromatic heterocycles. The predicted octanol–water partition coefficient (Wildman–Crippen LogP) is 4.02. The van der Waals surface area contributed by atoms with Crippen LogP contribution in [0.15, 0.2) is 48.8 Å². The van der Waals surface area contributed by atoms with E-state index in [-0.39, 0.29) is 29.6 Å². The molecule has 2 aromatic carbocycles. The molecule has 0 spiro atoms. The summed E-state index contributed by atoms with van der Waals surface area (Å²) in [6.45, 7) is 2.40. The second-order valence-corrected chi connectivity index (χ2v) is 7.48. The normalized spacial score (nSPS) is 18.2. The molecule has 7 nitrogen and oxygen atoms in total. The monoisotopic (exact) mass is 416 g/mol. The summed E-state index contributed by atoms with van der Waals surface area (Å²) in [5.41, 5.74) is 0.772. The first-order valence-corrected chi connectivity index (χ1v) is 10.5. The number of aromatic nitrogens is 2. The summed E-state index contributed by atoms with van der Waals surface area (Å²) < 4.78 is 11.6. The van der Waals surface area contributed by atoms with E-state index in [1.54, 1.807) is 0 Å². The Morgan fingerprint density at radius 3 is 2.68 bits per heavy atom. The molecule has 7 heteroatoms. The van der Waals surface area contributed by atoms with Crippen molar-refractivity contribution in [1.82, 2.24) is 15.3 Å². The number of rotatable bonds is 6. The molecule has 0 bridgehead atoms. The van der Waals surface area contributed by atoms with Gasteiger partial charge in [-0.1, -0.05) is 30.3 Å². The second kappa shape index (κ2) is 9.43. The molecule has 0 saturated heterocycles. The van der Waals surface area contributed by atoms with E-state index in [0.29, 0.717) is 17.9 Å². The van der Waals surface area contributed by atoms with Gasteiger partial charge in [0.1, 0.15) is 17.9 Å². The lowest BCUT2D eigenvalue weighted by Crippen LogP contribution is -2.40. The molecule has 1 N–H and O–H groups in total. The zero-order valence-electron chi connectivity index (χ0n) is 17.4. The average molecular weight is 416 g/mol. The summed E-state index contributed by atoms with van der Waals surface area (Å²) in [5, 5.41) is 14.2. The Morgan fingerprint density at radius 2 is 1.90 bits per heavy atom. The van der Waals surface area contributed by atoms with Crippen molar-refractivity contribution in [2.75, 3.05) is 6.61 Å². The third kappa shape index (κ3) is 4.58. The van der Waals surface area contributed by atoms with Crippen LogP contribution in [0.2, 0.25) is 0 Å². The van der Waals surface area contributed by atoms with E-state index in [1.807, 2.05) is 49.4 Å². The van der Waals surface area contributed by atoms with E-state index in [1.165, 1.54) is 12.4 Å². The van der Waals surface area contributed by atoms with Crippen LogP contribution in [-0.2, 0) is 0 Å². The van der Waals surface area contributed by atoms with E-state index in [4.69, 9.17) is 14.7 Å². The Morgan fingerprint density at radius 1 is 1.13 bits per heavy atom. The zero-order valence-corrected chi connectivity index (χ0v) is 17.4. The number of benzene rings is 2. The molecule has 1 heterocycles. The van der Waals surface area contributed by atoms with Gasteiger partial charge in [0.05, 0.1) is 12.2 Å². The molecule has 1 amide bonds. The van der Waals surface area contributed by atoms with E-state index >= 15 is 0 Å². The van der Waals surface area contributed by atoms with Gasteiger partial charge in [0, 0.05) is 18.4 Å². The molecule has 0 atom stereocenters. The summed E-state index contributed by atoms with van der Waals surface area (Å²) in [5.74, 6) is 0.752. The number of hydrogen-bond acceptors (Lipinski definition) is 6. The number of ether oxygens (including phenoxy) is 2. The highest BCUT2D eigenvalue weighted by Gasteiger charge is 2.26. The van der Waals surface area contributed by atoms with Gasteiger partial charge in [-0.05, 0) is 49.4 Å². The maximum Gasteiger partial charge on any atom is 0.255 e. The van der Waals surface area contributed by atoms with Gasteiger partial charge in [0.25, 0.3) is 11.8 Å². The SMILES string of the molecule is CCOc1ccc2ccccc2c1C(=O)NC1CCC(Oc2nccnc2C#N)CC1. The summed E-state index contributed by atoms with van der Waals surface area (Å²) in [6, 6.07) is 13.7. The molecule has 3 aromatic rings. The lowest BCUT2D eigenvalue weighted by Gasteiger charge is -2.29. The molecule has 31 heavy (non-hydrogen) atoms. The van der Waals surface area contributed by atoms with Gasteiger partial charge in [-0.3, -0.25) is 4.79 Å². The van der Waals surface area contributed by atoms with Gasteiger partial charge < -0.3 is 14.8 Å². The first-order valence-electron chi connectivity index (χ1n) is 10.5. The van der Waals surface area contributed by atoms with Crippen LogP contribution in [0, 0.1) is 11.3 Å². The third-order valence-corrected chi connectivity index (χ3v) is 5.48. The molecule has 1 aliphatic carbocycles. The molecule has 0 unspecified atom stereocenters. The van der Waals surface area contributed by atoms with Crippen molar-refractivity contribution >= 4 is 16.7 Å². The fraction of sp³-hybridized carbons (Fsp3) is 0.333. The van der Waals surface area contributed by atoms with Crippen LogP contribution in [0.3, 0.4) is 0 Å². The van der Waals surface area contributed by atoms with Crippen molar-refractivity contribution < 1.29 is 14.3 Å². The lowest BCUT2D eigenvalue weighted by atomic mass is 9.92. The van der Waals surface area contributed by atoms with Gasteiger partial charge in [-0.15, -0.1) is 0 Å². The standard InChI is InChI=1S/C24H24N4O3/c1-2-30-21-12-7-16-5-3-4-6-19(16)22(21)23(29)28-17-8-10-18(11-9-17)31-24-20(15-25)26-13-14-27-24/h3-7,12-14,17-18H,2,8-11H2,1H3,(H,28,29). The molecule has 0 radical (unpaired) electrons. The summed E-state index contributed by atoms with van der Waals surface area (Å²) in [6.07, 6.45) is 6.04. The van der Waals surface area contributed by atoms with E-state index in [9.17, 15) is 4.79 Å². The Labute approximate surface area is 181 Å². The smallest absolute Gasteiger partial charge is 0.255 e. The number of nitrogens with one attached hydrogen (secondary N) is 1. The van der Waals surface area contributed by atoms with Gasteiger partial charge in [-0.2, -0.15) is 5.26 Å². The van der Waals surface area contributed by atoms with E-state index in [2.05, 4.69) is 15.3 Å². The molecular weight excluding hydrogens is 392 g/mol. The van der Waals surface area contributed by atoms with Crippen molar-refractivity contribution in [2.24, 2.45) is 0 Å². The Kier molecular flexibility index (Phi) is 6.27. The fourth-order valence-electron chi connectivity index (χ4n) is 3.99. The number of carbonyl (C=O) groups excluding carboxylic acids is 1. The van der Waals surface area contributed by atoms with Gasteiger partial charge in [0.15, 0.2) is 0 Å². The van der Waals surface area contributed by atoms with E-state index in [0.717, 1.165) is 36.5 Å². The highest BCUT2D eigenvalue weighted by atomic mass is 16.5. The van der Waals surface area contributed by atoms with Crippen molar-refractivity contribution in [1.29, 1.82) is 5.26 Å². The van der Waals surface area contributed by atoms with Crippen LogP contribution in [0.1, 0.15) is 48.7 Å². The van der Waals surface area contributed by atoms with Crippen molar-refractivity contribution in [2.45, 2.75) is 44.8 Å². The highest BCUT2D eigenvalue weighted by Crippen LogP contribution is 2.29. The zero-order chi connectivity index (χ0) is 21.6. The minimum Gasteiger partial charge on any atom is -0.493 e. The number of nitriles is 1. The second-order valence-electron chi connectivity index (χ2n) is 7.48. The maximum atomic E-state index is 13.2. The molecule has 158 valence electrons. The van der Waals surface area contributed by atoms with Gasteiger partial charge >= 0.3 is 0 Å². The minimum atomic E-state index is -0.120. The molecule has 0 aliphatic heterocycles. The molecule has 1 saturated carbocycles. The largest absolute Gasteiger partial charge is 0.493 e. The number of nitrogens with zero attached hydrogens (tertiary/aromatic N) is 3. The third-order valence-electron chi connectivity index (χ3n) is 5.48.